The molecule has 0 aliphatic rings. The Morgan fingerprint density at radius 3 is 1.86 bits per heavy atom. The summed E-state index contributed by atoms with van der Waals surface area (Å²) in [7, 11) is 0. The number of aliphatic hydroxyl groups excluding tert-OH is 2. The van der Waals surface area contributed by atoms with Gasteiger partial charge in [-0.05, 0) is 6.42 Å². The number of carboxylic acids is 2. The molecule has 3 atom stereocenters. The predicted octanol–water partition coefficient (Wildman–Crippen LogP) is -3.78. The van der Waals surface area contributed by atoms with Gasteiger partial charge in [-0.25, -0.2) is 4.79 Å². The van der Waals surface area contributed by atoms with E-state index in [1.165, 1.54) is 0 Å². The average molecular weight is 321 g/mol. The van der Waals surface area contributed by atoms with Crippen LogP contribution in [0.5, 0.6) is 0 Å². The molecule has 0 spiro atoms. The van der Waals surface area contributed by atoms with Crippen LogP contribution in [0.15, 0.2) is 0 Å². The summed E-state index contributed by atoms with van der Waals surface area (Å²) >= 11 is 0. The van der Waals surface area contributed by atoms with Crippen LogP contribution in [0.4, 0.5) is 0 Å². The Morgan fingerprint density at radius 2 is 1.45 bits per heavy atom. The van der Waals surface area contributed by atoms with Gasteiger partial charge in [0.1, 0.15) is 18.1 Å². The lowest BCUT2D eigenvalue weighted by Gasteiger charge is -2.21. The summed E-state index contributed by atoms with van der Waals surface area (Å²) in [6, 6.07) is -4.27. The highest BCUT2D eigenvalue weighted by atomic mass is 16.4. The van der Waals surface area contributed by atoms with Crippen molar-refractivity contribution in [3.63, 3.8) is 0 Å². The minimum absolute atomic E-state index is 0.317. The van der Waals surface area contributed by atoms with Crippen molar-refractivity contribution >= 4 is 23.8 Å². The zero-order valence-corrected chi connectivity index (χ0v) is 11.6. The molecule has 0 rings (SSSR count). The molecule has 11 heteroatoms. The largest absolute Gasteiger partial charge is 0.481 e. The van der Waals surface area contributed by atoms with Crippen LogP contribution < -0.4 is 16.4 Å². The number of hydrogen-bond acceptors (Lipinski definition) is 7. The molecule has 0 heterocycles. The standard InChI is InChI=1S/C11H19N3O8/c12-5(3-15)9(19)13-6(1-2-8(17)18)10(20)14-7(4-16)11(21)22/h5-7,15-16H,1-4,12H2,(H,13,19)(H,14,20)(H,17,18)(H,21,22)/t5-,6-,7-/m0/s1. The van der Waals surface area contributed by atoms with Gasteiger partial charge in [-0.3, -0.25) is 14.4 Å². The van der Waals surface area contributed by atoms with E-state index in [1.54, 1.807) is 0 Å². The summed E-state index contributed by atoms with van der Waals surface area (Å²) in [4.78, 5) is 44.7. The van der Waals surface area contributed by atoms with Crippen molar-refractivity contribution in [2.24, 2.45) is 5.73 Å². The molecular formula is C11H19N3O8. The molecule has 11 nitrogen and oxygen atoms in total. The molecule has 0 aliphatic heterocycles. The Labute approximate surface area is 125 Å². The second-order valence-corrected chi connectivity index (χ2v) is 4.36. The molecule has 0 radical (unpaired) electrons. The third-order valence-electron chi connectivity index (χ3n) is 2.61. The zero-order chi connectivity index (χ0) is 17.3. The number of carboxylic acid groups (broad SMARTS) is 2. The number of aliphatic hydroxyl groups is 2. The Kier molecular flexibility index (Phi) is 8.67. The summed E-state index contributed by atoms with van der Waals surface area (Å²) in [5, 5.41) is 39.0. The number of nitrogens with two attached hydrogens (primary N) is 1. The van der Waals surface area contributed by atoms with Crippen molar-refractivity contribution in [1.82, 2.24) is 10.6 Å². The summed E-state index contributed by atoms with van der Waals surface area (Å²) in [5.74, 6) is -4.60. The van der Waals surface area contributed by atoms with Gasteiger partial charge in [-0.1, -0.05) is 0 Å². The van der Waals surface area contributed by atoms with Crippen molar-refractivity contribution in [2.75, 3.05) is 13.2 Å². The van der Waals surface area contributed by atoms with Gasteiger partial charge < -0.3 is 36.8 Å². The molecule has 0 bridgehead atoms. The number of amides is 2. The van der Waals surface area contributed by atoms with Crippen LogP contribution in [0.25, 0.3) is 0 Å². The van der Waals surface area contributed by atoms with E-state index in [0.717, 1.165) is 0 Å². The number of hydrogen-bond donors (Lipinski definition) is 7. The van der Waals surface area contributed by atoms with Gasteiger partial charge >= 0.3 is 11.9 Å². The number of nitrogens with one attached hydrogen (secondary N) is 2. The number of carbonyl (C=O) groups is 4. The molecule has 0 saturated heterocycles. The fourth-order valence-corrected chi connectivity index (χ4v) is 1.36. The van der Waals surface area contributed by atoms with E-state index >= 15 is 0 Å². The Bertz CT molecular complexity index is 428. The molecule has 0 aromatic rings. The predicted molar refractivity (Wildman–Crippen MR) is 70.5 cm³/mol. The molecule has 22 heavy (non-hydrogen) atoms. The lowest BCUT2D eigenvalue weighted by Crippen LogP contribution is -2.55. The SMILES string of the molecule is N[C@@H](CO)C(=O)N[C@@H](CCC(=O)O)C(=O)N[C@@H](CO)C(=O)O. The third-order valence-corrected chi connectivity index (χ3v) is 2.61. The van der Waals surface area contributed by atoms with Crippen LogP contribution in [-0.2, 0) is 19.2 Å². The Morgan fingerprint density at radius 1 is 0.909 bits per heavy atom. The topological polar surface area (TPSA) is 199 Å². The van der Waals surface area contributed by atoms with Crippen molar-refractivity contribution in [1.29, 1.82) is 0 Å². The number of carbonyl (C=O) groups excluding carboxylic acids is 2. The number of aliphatic carboxylic acids is 2. The van der Waals surface area contributed by atoms with Crippen LogP contribution in [0.1, 0.15) is 12.8 Å². The summed E-state index contributed by atoms with van der Waals surface area (Å²) in [5.41, 5.74) is 5.25. The maximum Gasteiger partial charge on any atom is 0.328 e. The van der Waals surface area contributed by atoms with Crippen LogP contribution in [-0.4, -0.2) is 75.5 Å². The lowest BCUT2D eigenvalue weighted by atomic mass is 10.1. The molecular weight excluding hydrogens is 302 g/mol. The molecule has 126 valence electrons. The highest BCUT2D eigenvalue weighted by molar-refractivity contribution is 5.92. The van der Waals surface area contributed by atoms with Gasteiger partial charge in [0.25, 0.3) is 0 Å². The first kappa shape index (κ1) is 19.8. The highest BCUT2D eigenvalue weighted by Crippen LogP contribution is 2.00. The fraction of sp³-hybridized carbons (Fsp3) is 0.636. The molecule has 8 N–H and O–H groups in total. The minimum Gasteiger partial charge on any atom is -0.481 e. The Balaban J connectivity index is 4.89. The maximum atomic E-state index is 11.9. The number of rotatable bonds is 10. The summed E-state index contributed by atoms with van der Waals surface area (Å²) in [6.07, 6.45) is -0.785. The van der Waals surface area contributed by atoms with Gasteiger partial charge in [0.15, 0.2) is 0 Å². The molecule has 0 aromatic heterocycles. The fourth-order valence-electron chi connectivity index (χ4n) is 1.36. The summed E-state index contributed by atoms with van der Waals surface area (Å²) < 4.78 is 0. The van der Waals surface area contributed by atoms with Crippen molar-refractivity contribution in [2.45, 2.75) is 31.0 Å². The molecule has 0 fully saturated rings. The van der Waals surface area contributed by atoms with E-state index < -0.39 is 61.5 Å². The van der Waals surface area contributed by atoms with Gasteiger partial charge in [-0.2, -0.15) is 0 Å². The second kappa shape index (κ2) is 9.65. The van der Waals surface area contributed by atoms with Gasteiger partial charge in [0.05, 0.1) is 13.2 Å². The normalized spacial score (nSPS) is 14.5. The third kappa shape index (κ3) is 6.97. The first-order valence-electron chi connectivity index (χ1n) is 6.25. The van der Waals surface area contributed by atoms with Gasteiger partial charge in [-0.15, -0.1) is 0 Å². The van der Waals surface area contributed by atoms with Crippen LogP contribution in [0, 0.1) is 0 Å². The van der Waals surface area contributed by atoms with Gasteiger partial charge in [0.2, 0.25) is 11.8 Å². The monoisotopic (exact) mass is 321 g/mol. The highest BCUT2D eigenvalue weighted by Gasteiger charge is 2.27. The first-order chi connectivity index (χ1) is 10.2. The molecule has 0 saturated carbocycles. The zero-order valence-electron chi connectivity index (χ0n) is 11.6. The van der Waals surface area contributed by atoms with E-state index in [0.29, 0.717) is 0 Å². The first-order valence-corrected chi connectivity index (χ1v) is 6.25. The van der Waals surface area contributed by atoms with E-state index in [9.17, 15) is 19.2 Å². The molecule has 0 aromatic carbocycles. The van der Waals surface area contributed by atoms with E-state index in [2.05, 4.69) is 5.32 Å². The Hall–Kier alpha value is -2.24. The molecule has 0 unspecified atom stereocenters. The lowest BCUT2D eigenvalue weighted by molar-refractivity contribution is -0.144. The summed E-state index contributed by atoms with van der Waals surface area (Å²) in [6.45, 7) is -1.57. The van der Waals surface area contributed by atoms with Crippen molar-refractivity contribution in [3.8, 4) is 0 Å². The smallest absolute Gasteiger partial charge is 0.328 e. The minimum atomic E-state index is -1.59. The van der Waals surface area contributed by atoms with Crippen LogP contribution in [0.2, 0.25) is 0 Å². The maximum absolute atomic E-state index is 11.9. The van der Waals surface area contributed by atoms with E-state index in [4.69, 9.17) is 26.2 Å². The second-order valence-electron chi connectivity index (χ2n) is 4.36. The average Bonchev–Trinajstić information content (AvgIpc) is 2.46. The molecule has 2 amide bonds. The quantitative estimate of drug-likeness (QED) is 0.211. The van der Waals surface area contributed by atoms with Crippen LogP contribution in [0.3, 0.4) is 0 Å². The van der Waals surface area contributed by atoms with E-state index in [1.807, 2.05) is 5.32 Å². The van der Waals surface area contributed by atoms with Gasteiger partial charge in [0, 0.05) is 6.42 Å². The molecule has 0 aliphatic carbocycles. The van der Waals surface area contributed by atoms with Crippen molar-refractivity contribution in [3.05, 3.63) is 0 Å². The van der Waals surface area contributed by atoms with Crippen molar-refractivity contribution < 1.29 is 39.6 Å². The van der Waals surface area contributed by atoms with E-state index in [-0.39, 0.29) is 6.42 Å². The van der Waals surface area contributed by atoms with Crippen LogP contribution >= 0.6 is 0 Å².